The van der Waals surface area contributed by atoms with Gasteiger partial charge in [-0.3, -0.25) is 0 Å². The van der Waals surface area contributed by atoms with Crippen LogP contribution in [-0.4, -0.2) is 19.3 Å². The number of hydrogen-bond acceptors (Lipinski definition) is 3. The van der Waals surface area contributed by atoms with Crippen molar-refractivity contribution >= 4 is 5.69 Å². The molecule has 0 spiro atoms. The topological polar surface area (TPSA) is 45.0 Å². The van der Waals surface area contributed by atoms with Gasteiger partial charge in [0, 0.05) is 13.2 Å². The summed E-state index contributed by atoms with van der Waals surface area (Å²) in [4.78, 5) is 0. The number of benzene rings is 1. The van der Waals surface area contributed by atoms with Crippen molar-refractivity contribution in [3.8, 4) is 6.07 Å². The van der Waals surface area contributed by atoms with Crippen molar-refractivity contribution in [1.82, 2.24) is 0 Å². The lowest BCUT2D eigenvalue weighted by molar-refractivity contribution is 0.0247. The Bertz CT molecular complexity index is 422. The molecule has 1 atom stereocenters. The van der Waals surface area contributed by atoms with E-state index in [1.54, 1.807) is 12.1 Å². The van der Waals surface area contributed by atoms with Gasteiger partial charge in [0.05, 0.1) is 23.4 Å². The highest BCUT2D eigenvalue weighted by Gasteiger charge is 2.14. The van der Waals surface area contributed by atoms with Crippen molar-refractivity contribution in [2.24, 2.45) is 0 Å². The van der Waals surface area contributed by atoms with Crippen LogP contribution in [-0.2, 0) is 4.74 Å². The van der Waals surface area contributed by atoms with Crippen molar-refractivity contribution in [2.75, 3.05) is 18.5 Å². The second-order valence-electron chi connectivity index (χ2n) is 4.18. The summed E-state index contributed by atoms with van der Waals surface area (Å²) in [6, 6.07) is 6.35. The minimum absolute atomic E-state index is 0.166. The van der Waals surface area contributed by atoms with E-state index >= 15 is 0 Å². The van der Waals surface area contributed by atoms with E-state index in [-0.39, 0.29) is 11.9 Å². The molecule has 0 aromatic heterocycles. The number of ether oxygens (including phenoxy) is 1. The lowest BCUT2D eigenvalue weighted by Gasteiger charge is -2.23. The molecule has 0 aliphatic carbocycles. The zero-order valence-electron chi connectivity index (χ0n) is 9.58. The van der Waals surface area contributed by atoms with Crippen LogP contribution in [0.2, 0.25) is 0 Å². The number of nitrogens with one attached hydrogen (secondary N) is 1. The maximum Gasteiger partial charge on any atom is 0.147 e. The summed E-state index contributed by atoms with van der Waals surface area (Å²) in [5.74, 6) is -0.389. The van der Waals surface area contributed by atoms with Crippen LogP contribution in [0.15, 0.2) is 18.2 Å². The highest BCUT2D eigenvalue weighted by Crippen LogP contribution is 2.17. The molecule has 1 heterocycles. The SMILES string of the molecule is N#Cc1ccc(NCC2CCCCO2)c(F)c1. The summed E-state index contributed by atoms with van der Waals surface area (Å²) in [7, 11) is 0. The first-order chi connectivity index (χ1) is 8.29. The van der Waals surface area contributed by atoms with Gasteiger partial charge in [-0.25, -0.2) is 4.39 Å². The minimum Gasteiger partial charge on any atom is -0.380 e. The van der Waals surface area contributed by atoms with Gasteiger partial charge in [0.25, 0.3) is 0 Å². The Hall–Kier alpha value is -1.60. The molecule has 2 rings (SSSR count). The van der Waals surface area contributed by atoms with Crippen LogP contribution in [0.5, 0.6) is 0 Å². The average Bonchev–Trinajstić information content (AvgIpc) is 2.38. The Morgan fingerprint density at radius 3 is 3.00 bits per heavy atom. The van der Waals surface area contributed by atoms with Crippen LogP contribution < -0.4 is 5.32 Å². The van der Waals surface area contributed by atoms with Gasteiger partial charge < -0.3 is 10.1 Å². The summed E-state index contributed by atoms with van der Waals surface area (Å²) >= 11 is 0. The summed E-state index contributed by atoms with van der Waals surface area (Å²) in [6.07, 6.45) is 3.47. The van der Waals surface area contributed by atoms with Crippen molar-refractivity contribution in [3.05, 3.63) is 29.6 Å². The fraction of sp³-hybridized carbons (Fsp3) is 0.462. The lowest BCUT2D eigenvalue weighted by atomic mass is 10.1. The van der Waals surface area contributed by atoms with Crippen LogP contribution in [0.25, 0.3) is 0 Å². The van der Waals surface area contributed by atoms with E-state index in [2.05, 4.69) is 5.32 Å². The molecule has 0 radical (unpaired) electrons. The Morgan fingerprint density at radius 2 is 2.35 bits per heavy atom. The second-order valence-corrected chi connectivity index (χ2v) is 4.18. The fourth-order valence-corrected chi connectivity index (χ4v) is 1.92. The third-order valence-corrected chi connectivity index (χ3v) is 2.89. The maximum atomic E-state index is 13.5. The van der Waals surface area contributed by atoms with Crippen molar-refractivity contribution in [1.29, 1.82) is 5.26 Å². The molecule has 17 heavy (non-hydrogen) atoms. The van der Waals surface area contributed by atoms with Crippen molar-refractivity contribution in [2.45, 2.75) is 25.4 Å². The predicted molar refractivity (Wildman–Crippen MR) is 63.2 cm³/mol. The van der Waals surface area contributed by atoms with Gasteiger partial charge in [-0.2, -0.15) is 5.26 Å². The Morgan fingerprint density at radius 1 is 1.47 bits per heavy atom. The van der Waals surface area contributed by atoms with Crippen LogP contribution >= 0.6 is 0 Å². The van der Waals surface area contributed by atoms with Crippen LogP contribution in [0.3, 0.4) is 0 Å². The maximum absolute atomic E-state index is 13.5. The predicted octanol–water partition coefficient (Wildman–Crippen LogP) is 2.68. The second kappa shape index (κ2) is 5.65. The molecule has 0 saturated carbocycles. The summed E-state index contributed by atoms with van der Waals surface area (Å²) in [6.45, 7) is 1.41. The van der Waals surface area contributed by atoms with Crippen molar-refractivity contribution < 1.29 is 9.13 Å². The molecule has 1 saturated heterocycles. The van der Waals surface area contributed by atoms with Crippen LogP contribution in [0, 0.1) is 17.1 Å². The van der Waals surface area contributed by atoms with E-state index in [0.29, 0.717) is 17.8 Å². The molecular weight excluding hydrogens is 219 g/mol. The number of hydrogen-bond donors (Lipinski definition) is 1. The first kappa shape index (κ1) is 11.9. The van der Waals surface area contributed by atoms with Gasteiger partial charge in [0.2, 0.25) is 0 Å². The molecule has 0 amide bonds. The van der Waals surface area contributed by atoms with E-state index in [4.69, 9.17) is 10.00 Å². The summed E-state index contributed by atoms with van der Waals surface area (Å²) in [5.41, 5.74) is 0.764. The molecule has 3 nitrogen and oxygen atoms in total. The number of nitriles is 1. The zero-order chi connectivity index (χ0) is 12.1. The van der Waals surface area contributed by atoms with Gasteiger partial charge >= 0.3 is 0 Å². The van der Waals surface area contributed by atoms with Gasteiger partial charge in [-0.05, 0) is 37.5 Å². The normalized spacial score (nSPS) is 19.6. The average molecular weight is 234 g/mol. The van der Waals surface area contributed by atoms with Gasteiger partial charge in [-0.15, -0.1) is 0 Å². The van der Waals surface area contributed by atoms with E-state index in [1.165, 1.54) is 12.5 Å². The van der Waals surface area contributed by atoms with Gasteiger partial charge in [-0.1, -0.05) is 0 Å². The van der Waals surface area contributed by atoms with Gasteiger partial charge in [0.1, 0.15) is 5.82 Å². The zero-order valence-corrected chi connectivity index (χ0v) is 9.58. The van der Waals surface area contributed by atoms with Crippen LogP contribution in [0.1, 0.15) is 24.8 Å². The Balaban J connectivity index is 1.92. The molecular formula is C13H15FN2O. The smallest absolute Gasteiger partial charge is 0.147 e. The lowest BCUT2D eigenvalue weighted by Crippen LogP contribution is -2.27. The molecule has 0 bridgehead atoms. The molecule has 4 heteroatoms. The first-order valence-corrected chi connectivity index (χ1v) is 5.85. The Kier molecular flexibility index (Phi) is 3.94. The summed E-state index contributed by atoms with van der Waals surface area (Å²) in [5, 5.41) is 11.7. The minimum atomic E-state index is -0.389. The Labute approximate surface area is 100 Å². The van der Waals surface area contributed by atoms with Crippen molar-refractivity contribution in [3.63, 3.8) is 0 Å². The first-order valence-electron chi connectivity index (χ1n) is 5.85. The number of nitrogens with zero attached hydrogens (tertiary/aromatic N) is 1. The molecule has 90 valence electrons. The molecule has 1 aromatic carbocycles. The molecule has 1 aliphatic heterocycles. The van der Waals surface area contributed by atoms with E-state index < -0.39 is 0 Å². The number of rotatable bonds is 3. The third kappa shape index (κ3) is 3.18. The van der Waals surface area contributed by atoms with E-state index in [9.17, 15) is 4.39 Å². The fourth-order valence-electron chi connectivity index (χ4n) is 1.92. The largest absolute Gasteiger partial charge is 0.380 e. The van der Waals surface area contributed by atoms with E-state index in [0.717, 1.165) is 19.4 Å². The van der Waals surface area contributed by atoms with Gasteiger partial charge in [0.15, 0.2) is 0 Å². The monoisotopic (exact) mass is 234 g/mol. The highest BCUT2D eigenvalue weighted by molar-refractivity contribution is 5.48. The van der Waals surface area contributed by atoms with Crippen LogP contribution in [0.4, 0.5) is 10.1 Å². The number of anilines is 1. The standard InChI is InChI=1S/C13H15FN2O/c14-12-7-10(8-15)4-5-13(12)16-9-11-3-1-2-6-17-11/h4-5,7,11,16H,1-3,6,9H2. The highest BCUT2D eigenvalue weighted by atomic mass is 19.1. The van der Waals surface area contributed by atoms with E-state index in [1.807, 2.05) is 6.07 Å². The molecule has 1 unspecified atom stereocenters. The molecule has 1 aromatic rings. The molecule has 1 aliphatic rings. The quantitative estimate of drug-likeness (QED) is 0.874. The number of halogens is 1. The third-order valence-electron chi connectivity index (χ3n) is 2.89. The summed E-state index contributed by atoms with van der Waals surface area (Å²) < 4.78 is 19.1. The molecule has 1 fully saturated rings. The molecule has 1 N–H and O–H groups in total.